The van der Waals surface area contributed by atoms with E-state index in [1.54, 1.807) is 37.5 Å². The highest BCUT2D eigenvalue weighted by Gasteiger charge is 2.18. The molecule has 0 aliphatic heterocycles. The number of aryl methyl sites for hydroxylation is 2. The van der Waals surface area contributed by atoms with Crippen LogP contribution in [0.25, 0.3) is 0 Å². The lowest BCUT2D eigenvalue weighted by Crippen LogP contribution is -2.38. The van der Waals surface area contributed by atoms with E-state index in [4.69, 9.17) is 5.21 Å². The van der Waals surface area contributed by atoms with Crippen molar-refractivity contribution in [3.63, 3.8) is 0 Å². The number of rotatable bonds is 11. The second-order valence-electron chi connectivity index (χ2n) is 7.41. The summed E-state index contributed by atoms with van der Waals surface area (Å²) in [6.45, 7) is 6.07. The summed E-state index contributed by atoms with van der Waals surface area (Å²) >= 11 is 0. The van der Waals surface area contributed by atoms with Crippen LogP contribution in [0.2, 0.25) is 0 Å². The van der Waals surface area contributed by atoms with Crippen molar-refractivity contribution in [2.75, 3.05) is 11.9 Å². The largest absolute Gasteiger partial charge is 0.374 e. The predicted octanol–water partition coefficient (Wildman–Crippen LogP) is 4.17. The van der Waals surface area contributed by atoms with Gasteiger partial charge in [-0.15, -0.1) is 0 Å². The van der Waals surface area contributed by atoms with Crippen LogP contribution < -0.4 is 16.1 Å². The quantitative estimate of drug-likeness (QED) is 0.249. The topological polar surface area (TPSA) is 86.3 Å². The smallest absolute Gasteiger partial charge is 0.265 e. The number of pyridine rings is 1. The second kappa shape index (κ2) is 11.6. The van der Waals surface area contributed by atoms with Gasteiger partial charge in [0.15, 0.2) is 0 Å². The van der Waals surface area contributed by atoms with E-state index in [0.717, 1.165) is 25.0 Å². The van der Waals surface area contributed by atoms with Crippen molar-refractivity contribution in [3.8, 4) is 0 Å². The van der Waals surface area contributed by atoms with Crippen molar-refractivity contribution in [3.05, 3.63) is 58.9 Å². The fourth-order valence-electron chi connectivity index (χ4n) is 3.38. The van der Waals surface area contributed by atoms with Crippen molar-refractivity contribution in [2.45, 2.75) is 58.5 Å². The van der Waals surface area contributed by atoms with Crippen LogP contribution in [0.1, 0.15) is 55.5 Å². The van der Waals surface area contributed by atoms with Gasteiger partial charge in [0, 0.05) is 11.7 Å². The highest BCUT2D eigenvalue weighted by atomic mass is 19.1. The summed E-state index contributed by atoms with van der Waals surface area (Å²) in [4.78, 5) is 16.2. The molecule has 1 aromatic heterocycles. The van der Waals surface area contributed by atoms with E-state index >= 15 is 0 Å². The van der Waals surface area contributed by atoms with Crippen LogP contribution >= 0.6 is 0 Å². The minimum absolute atomic E-state index is 0.0328. The Morgan fingerprint density at radius 3 is 2.43 bits per heavy atom. The van der Waals surface area contributed by atoms with Gasteiger partial charge in [0.1, 0.15) is 17.7 Å². The van der Waals surface area contributed by atoms with Crippen molar-refractivity contribution in [1.82, 2.24) is 15.8 Å². The zero-order valence-electron chi connectivity index (χ0n) is 17.6. The molecule has 0 spiro atoms. The molecule has 2 aromatic rings. The lowest BCUT2D eigenvalue weighted by atomic mass is 10.1. The van der Waals surface area contributed by atoms with Crippen LogP contribution in [-0.4, -0.2) is 28.7 Å². The number of nitrogens with one attached hydrogen (secondary N) is 3. The molecule has 0 radical (unpaired) electrons. The third-order valence-electron chi connectivity index (χ3n) is 5.03. The second-order valence-corrected chi connectivity index (χ2v) is 7.41. The first kappa shape index (κ1) is 23.7. The molecule has 0 unspecified atom stereocenters. The predicted molar refractivity (Wildman–Crippen MR) is 112 cm³/mol. The number of aromatic nitrogens is 1. The Bertz CT molecular complexity index is 807. The van der Waals surface area contributed by atoms with Crippen molar-refractivity contribution in [1.29, 1.82) is 0 Å². The molecule has 0 aliphatic rings. The molecule has 1 aromatic carbocycles. The minimum atomic E-state index is -0.639. The number of carbonyl (C=O) groups is 1. The Kier molecular flexibility index (Phi) is 9.14. The monoisotopic (exact) mass is 420 g/mol. The Morgan fingerprint density at radius 1 is 1.17 bits per heavy atom. The van der Waals surface area contributed by atoms with E-state index in [9.17, 15) is 13.6 Å². The summed E-state index contributed by atoms with van der Waals surface area (Å²) in [5.74, 6) is -1.17. The first-order chi connectivity index (χ1) is 14.3. The summed E-state index contributed by atoms with van der Waals surface area (Å²) in [5.41, 5.74) is 4.09. The molecule has 2 atom stereocenters. The van der Waals surface area contributed by atoms with Crippen LogP contribution in [0.5, 0.6) is 0 Å². The molecule has 1 amide bonds. The fourth-order valence-corrected chi connectivity index (χ4v) is 3.38. The molecular formula is C22H30F2N4O2. The molecule has 0 bridgehead atoms. The van der Waals surface area contributed by atoms with Gasteiger partial charge in [0.05, 0.1) is 11.9 Å². The Labute approximate surface area is 176 Å². The van der Waals surface area contributed by atoms with Crippen LogP contribution in [0.3, 0.4) is 0 Å². The number of nitrogens with zero attached hydrogens (tertiary/aromatic N) is 1. The Balaban J connectivity index is 1.86. The Hall–Kier alpha value is -2.58. The van der Waals surface area contributed by atoms with Crippen LogP contribution in [0.4, 0.5) is 14.5 Å². The highest BCUT2D eigenvalue weighted by Crippen LogP contribution is 2.20. The zero-order chi connectivity index (χ0) is 22.1. The maximum atomic E-state index is 13.8. The number of unbranched alkanes of at least 4 members (excludes halogenated alkanes) is 1. The average Bonchev–Trinajstić information content (AvgIpc) is 2.73. The van der Waals surface area contributed by atoms with Gasteiger partial charge >= 0.3 is 0 Å². The number of hydroxylamine groups is 1. The van der Waals surface area contributed by atoms with Gasteiger partial charge in [-0.3, -0.25) is 15.0 Å². The summed E-state index contributed by atoms with van der Waals surface area (Å²) < 4.78 is 26.9. The van der Waals surface area contributed by atoms with Gasteiger partial charge in [-0.05, 0) is 81.5 Å². The first-order valence-corrected chi connectivity index (χ1v) is 10.2. The van der Waals surface area contributed by atoms with Crippen LogP contribution in [-0.2, 0) is 4.79 Å². The Morgan fingerprint density at radius 2 is 1.87 bits per heavy atom. The fraction of sp³-hybridized carbons (Fsp3) is 0.455. The van der Waals surface area contributed by atoms with Gasteiger partial charge in [-0.25, -0.2) is 14.3 Å². The number of amides is 1. The SMILES string of the molecule is CC[C@@H](NCCCC[C@@H](Nc1cc(C)c(F)c(C)c1)C(=O)NO)c1ccc(F)cn1. The van der Waals surface area contributed by atoms with Gasteiger partial charge in [-0.2, -0.15) is 0 Å². The van der Waals surface area contributed by atoms with Gasteiger partial charge in [-0.1, -0.05) is 6.92 Å². The summed E-state index contributed by atoms with van der Waals surface area (Å²) in [6.07, 6.45) is 4.05. The molecular weight excluding hydrogens is 390 g/mol. The number of hydrogen-bond acceptors (Lipinski definition) is 5. The van der Waals surface area contributed by atoms with Crippen LogP contribution in [0.15, 0.2) is 30.5 Å². The highest BCUT2D eigenvalue weighted by molar-refractivity contribution is 5.83. The molecule has 2 rings (SSSR count). The lowest BCUT2D eigenvalue weighted by Gasteiger charge is -2.20. The lowest BCUT2D eigenvalue weighted by molar-refractivity contribution is -0.130. The summed E-state index contributed by atoms with van der Waals surface area (Å²) in [5, 5.41) is 15.5. The molecule has 4 N–H and O–H groups in total. The summed E-state index contributed by atoms with van der Waals surface area (Å²) in [6, 6.07) is 5.75. The van der Waals surface area contributed by atoms with Crippen molar-refractivity contribution < 1.29 is 18.8 Å². The van der Waals surface area contributed by atoms with Crippen LogP contribution in [0, 0.1) is 25.5 Å². The number of benzene rings is 1. The maximum Gasteiger partial charge on any atom is 0.265 e. The first-order valence-electron chi connectivity index (χ1n) is 10.2. The molecule has 8 heteroatoms. The number of halogens is 2. The third-order valence-corrected chi connectivity index (χ3v) is 5.03. The van der Waals surface area contributed by atoms with E-state index in [0.29, 0.717) is 29.8 Å². The average molecular weight is 421 g/mol. The van der Waals surface area contributed by atoms with E-state index < -0.39 is 11.9 Å². The normalized spacial score (nSPS) is 13.0. The number of hydrogen-bond donors (Lipinski definition) is 4. The standard InChI is InChI=1S/C22H30F2N4O2/c1-4-18(19-9-8-16(23)13-26-19)25-10-6-5-7-20(22(29)28-30)27-17-11-14(2)21(24)15(3)12-17/h8-9,11-13,18,20,25,27,30H,4-7,10H2,1-3H3,(H,28,29)/t18-,20-/m1/s1. The molecule has 0 saturated heterocycles. The zero-order valence-corrected chi connectivity index (χ0v) is 17.6. The van der Waals surface area contributed by atoms with E-state index in [1.807, 2.05) is 6.92 Å². The number of carbonyl (C=O) groups excluding carboxylic acids is 1. The van der Waals surface area contributed by atoms with E-state index in [-0.39, 0.29) is 17.7 Å². The molecule has 0 aliphatic carbocycles. The molecule has 6 nitrogen and oxygen atoms in total. The molecule has 0 fully saturated rings. The molecule has 30 heavy (non-hydrogen) atoms. The molecule has 164 valence electrons. The molecule has 0 saturated carbocycles. The van der Waals surface area contributed by atoms with Gasteiger partial charge in [0.2, 0.25) is 0 Å². The van der Waals surface area contributed by atoms with Crippen molar-refractivity contribution in [2.24, 2.45) is 0 Å². The molecule has 1 heterocycles. The van der Waals surface area contributed by atoms with Gasteiger partial charge in [0.25, 0.3) is 5.91 Å². The van der Waals surface area contributed by atoms with Gasteiger partial charge < -0.3 is 10.6 Å². The third kappa shape index (κ3) is 6.74. The van der Waals surface area contributed by atoms with Crippen molar-refractivity contribution >= 4 is 11.6 Å². The number of anilines is 1. The van der Waals surface area contributed by atoms with E-state index in [1.165, 1.54) is 12.3 Å². The summed E-state index contributed by atoms with van der Waals surface area (Å²) in [7, 11) is 0. The maximum absolute atomic E-state index is 13.8. The minimum Gasteiger partial charge on any atom is -0.374 e. The van der Waals surface area contributed by atoms with E-state index in [2.05, 4.69) is 15.6 Å².